The van der Waals surface area contributed by atoms with Gasteiger partial charge in [0.1, 0.15) is 21.2 Å². The minimum absolute atomic E-state index is 0.0745. The zero-order valence-electron chi connectivity index (χ0n) is 16.8. The van der Waals surface area contributed by atoms with E-state index in [4.69, 9.17) is 9.47 Å². The van der Waals surface area contributed by atoms with Crippen molar-refractivity contribution in [3.63, 3.8) is 0 Å². The van der Waals surface area contributed by atoms with E-state index in [2.05, 4.69) is 4.90 Å². The molecule has 0 bridgehead atoms. The lowest BCUT2D eigenvalue weighted by atomic mass is 10.0. The first-order chi connectivity index (χ1) is 12.5. The van der Waals surface area contributed by atoms with Gasteiger partial charge in [-0.05, 0) is 26.8 Å². The van der Waals surface area contributed by atoms with Crippen molar-refractivity contribution in [2.45, 2.75) is 32.4 Å². The number of nitrogens with zero attached hydrogens (tertiary/aromatic N) is 2. The Hall–Kier alpha value is -1.80. The first-order valence-electron chi connectivity index (χ1n) is 9.03. The Morgan fingerprint density at radius 1 is 1.22 bits per heavy atom. The van der Waals surface area contributed by atoms with Crippen LogP contribution in [0.5, 0.6) is 5.75 Å². The Balaban J connectivity index is 2.26. The van der Waals surface area contributed by atoms with Gasteiger partial charge in [-0.3, -0.25) is 4.90 Å². The van der Waals surface area contributed by atoms with Crippen LogP contribution in [-0.2, 0) is 14.6 Å². The molecule has 1 heterocycles. The Bertz CT molecular complexity index is 758. The van der Waals surface area contributed by atoms with Crippen LogP contribution in [0, 0.1) is 0 Å². The topological polar surface area (TPSA) is 76.2 Å². The monoisotopic (exact) mass is 398 g/mol. The van der Waals surface area contributed by atoms with Crippen LogP contribution >= 0.6 is 0 Å². The number of ether oxygens (including phenoxy) is 2. The number of methoxy groups -OCH3 is 1. The van der Waals surface area contributed by atoms with Gasteiger partial charge in [-0.25, -0.2) is 13.2 Å². The molecule has 1 aliphatic heterocycles. The Morgan fingerprint density at radius 3 is 2.48 bits per heavy atom. The van der Waals surface area contributed by atoms with Crippen molar-refractivity contribution in [3.05, 3.63) is 29.8 Å². The molecule has 1 fully saturated rings. The van der Waals surface area contributed by atoms with Crippen molar-refractivity contribution in [2.75, 3.05) is 45.3 Å². The summed E-state index contributed by atoms with van der Waals surface area (Å²) in [6.07, 6.45) is 0.882. The lowest BCUT2D eigenvalue weighted by molar-refractivity contribution is 0.00411. The SMILES string of the molecule is COc1ccccc1[C@H]1CN(C(=O)OC(C)(C)C)CCN1CCS(C)(=O)=O. The first kappa shape index (κ1) is 21.5. The number of carbonyl (C=O) groups excluding carboxylic acids is 1. The van der Waals surface area contributed by atoms with Crippen LogP contribution in [0.2, 0.25) is 0 Å². The molecular formula is C19H30N2O5S. The second kappa shape index (κ2) is 8.48. The van der Waals surface area contributed by atoms with Gasteiger partial charge in [0.25, 0.3) is 0 Å². The van der Waals surface area contributed by atoms with Crippen molar-refractivity contribution in [2.24, 2.45) is 0 Å². The molecule has 1 aromatic rings. The molecule has 2 rings (SSSR count). The van der Waals surface area contributed by atoms with E-state index in [1.165, 1.54) is 6.26 Å². The predicted molar refractivity (Wildman–Crippen MR) is 105 cm³/mol. The summed E-state index contributed by atoms with van der Waals surface area (Å²) in [5, 5.41) is 0. The molecule has 1 amide bonds. The van der Waals surface area contributed by atoms with Gasteiger partial charge in [0.15, 0.2) is 0 Å². The number of rotatable bonds is 5. The number of piperazine rings is 1. The number of carbonyl (C=O) groups is 1. The third-order valence-electron chi connectivity index (χ3n) is 4.39. The van der Waals surface area contributed by atoms with E-state index in [1.807, 2.05) is 45.0 Å². The molecule has 1 aromatic carbocycles. The molecule has 1 saturated heterocycles. The van der Waals surface area contributed by atoms with E-state index >= 15 is 0 Å². The molecule has 0 aromatic heterocycles. The number of para-hydroxylation sites is 1. The van der Waals surface area contributed by atoms with Gasteiger partial charge in [0.05, 0.1) is 18.9 Å². The Labute approximate surface area is 162 Å². The van der Waals surface area contributed by atoms with Gasteiger partial charge >= 0.3 is 6.09 Å². The molecule has 0 saturated carbocycles. The molecule has 27 heavy (non-hydrogen) atoms. The van der Waals surface area contributed by atoms with Gasteiger partial charge in [-0.2, -0.15) is 0 Å². The maximum Gasteiger partial charge on any atom is 0.410 e. The van der Waals surface area contributed by atoms with E-state index in [-0.39, 0.29) is 17.9 Å². The van der Waals surface area contributed by atoms with Crippen LogP contribution in [0.4, 0.5) is 4.79 Å². The second-order valence-electron chi connectivity index (χ2n) is 7.85. The Kier molecular flexibility index (Phi) is 6.75. The summed E-state index contributed by atoms with van der Waals surface area (Å²) >= 11 is 0. The van der Waals surface area contributed by atoms with Gasteiger partial charge < -0.3 is 14.4 Å². The third kappa shape index (κ3) is 6.39. The molecule has 0 unspecified atom stereocenters. The third-order valence-corrected chi connectivity index (χ3v) is 5.31. The fourth-order valence-corrected chi connectivity index (χ4v) is 3.67. The molecule has 8 heteroatoms. The van der Waals surface area contributed by atoms with Gasteiger partial charge in [0, 0.05) is 38.0 Å². The lowest BCUT2D eigenvalue weighted by Gasteiger charge is -2.42. The quantitative estimate of drug-likeness (QED) is 0.758. The van der Waals surface area contributed by atoms with Crippen molar-refractivity contribution in [3.8, 4) is 5.75 Å². The molecule has 1 atom stereocenters. The summed E-state index contributed by atoms with van der Waals surface area (Å²) in [5.41, 5.74) is 0.367. The normalized spacial score (nSPS) is 19.0. The number of sulfone groups is 1. The lowest BCUT2D eigenvalue weighted by Crippen LogP contribution is -2.52. The standard InChI is InChI=1S/C19H30N2O5S/c1-19(2,3)26-18(22)21-11-10-20(12-13-27(5,23)24)16(14-21)15-8-6-7-9-17(15)25-4/h6-9,16H,10-14H2,1-5H3/t16-/m1/s1. The number of hydrogen-bond acceptors (Lipinski definition) is 6. The summed E-state index contributed by atoms with van der Waals surface area (Å²) in [4.78, 5) is 16.3. The molecular weight excluding hydrogens is 368 g/mol. The molecule has 152 valence electrons. The van der Waals surface area contributed by atoms with Crippen LogP contribution in [-0.4, -0.2) is 75.2 Å². The minimum Gasteiger partial charge on any atom is -0.496 e. The highest BCUT2D eigenvalue weighted by Crippen LogP contribution is 2.32. The fourth-order valence-electron chi connectivity index (χ4n) is 3.10. The van der Waals surface area contributed by atoms with Crippen LogP contribution < -0.4 is 4.74 Å². The van der Waals surface area contributed by atoms with Crippen molar-refractivity contribution in [1.82, 2.24) is 9.80 Å². The number of amides is 1. The maximum absolute atomic E-state index is 12.5. The van der Waals surface area contributed by atoms with E-state index in [0.717, 1.165) is 11.3 Å². The highest BCUT2D eigenvalue weighted by atomic mass is 32.2. The van der Waals surface area contributed by atoms with E-state index in [1.54, 1.807) is 12.0 Å². The van der Waals surface area contributed by atoms with Gasteiger partial charge in [0.2, 0.25) is 0 Å². The van der Waals surface area contributed by atoms with Gasteiger partial charge in [-0.1, -0.05) is 18.2 Å². The highest BCUT2D eigenvalue weighted by molar-refractivity contribution is 7.90. The summed E-state index contributed by atoms with van der Waals surface area (Å²) in [5.74, 6) is 0.795. The smallest absolute Gasteiger partial charge is 0.410 e. The number of benzene rings is 1. The van der Waals surface area contributed by atoms with E-state index in [9.17, 15) is 13.2 Å². The highest BCUT2D eigenvalue weighted by Gasteiger charge is 2.34. The van der Waals surface area contributed by atoms with Gasteiger partial charge in [-0.15, -0.1) is 0 Å². The molecule has 7 nitrogen and oxygen atoms in total. The summed E-state index contributed by atoms with van der Waals surface area (Å²) in [6, 6.07) is 7.46. The Morgan fingerprint density at radius 2 is 1.89 bits per heavy atom. The zero-order chi connectivity index (χ0) is 20.2. The number of hydrogen-bond donors (Lipinski definition) is 0. The van der Waals surface area contributed by atoms with Crippen LogP contribution in [0.3, 0.4) is 0 Å². The van der Waals surface area contributed by atoms with Crippen molar-refractivity contribution < 1.29 is 22.7 Å². The molecule has 1 aliphatic rings. The van der Waals surface area contributed by atoms with Crippen molar-refractivity contribution >= 4 is 15.9 Å². The zero-order valence-corrected chi connectivity index (χ0v) is 17.6. The molecule has 0 spiro atoms. The first-order valence-corrected chi connectivity index (χ1v) is 11.1. The second-order valence-corrected chi connectivity index (χ2v) is 10.1. The summed E-state index contributed by atoms with van der Waals surface area (Å²) < 4.78 is 34.3. The maximum atomic E-state index is 12.5. The molecule has 0 N–H and O–H groups in total. The minimum atomic E-state index is -3.08. The van der Waals surface area contributed by atoms with Crippen LogP contribution in [0.1, 0.15) is 32.4 Å². The van der Waals surface area contributed by atoms with Crippen LogP contribution in [0.15, 0.2) is 24.3 Å². The van der Waals surface area contributed by atoms with Crippen molar-refractivity contribution in [1.29, 1.82) is 0 Å². The van der Waals surface area contributed by atoms with Crippen LogP contribution in [0.25, 0.3) is 0 Å². The molecule has 0 aliphatic carbocycles. The fraction of sp³-hybridized carbons (Fsp3) is 0.632. The average molecular weight is 399 g/mol. The summed E-state index contributed by atoms with van der Waals surface area (Å²) in [6.45, 7) is 7.39. The molecule has 0 radical (unpaired) electrons. The van der Waals surface area contributed by atoms with E-state index < -0.39 is 15.4 Å². The summed E-state index contributed by atoms with van der Waals surface area (Å²) in [7, 11) is -1.47. The average Bonchev–Trinajstić information content (AvgIpc) is 2.57. The largest absolute Gasteiger partial charge is 0.496 e. The van der Waals surface area contributed by atoms with E-state index in [0.29, 0.717) is 26.2 Å². The predicted octanol–water partition coefficient (Wildman–Crippen LogP) is 2.33.